The average Bonchev–Trinajstić information content (AvgIpc) is 3.07. The Kier molecular flexibility index (Phi) is 6.17. The number of rotatable bonds is 5. The van der Waals surface area contributed by atoms with E-state index >= 15 is 0 Å². The molecule has 2 heterocycles. The number of amides is 3. The van der Waals surface area contributed by atoms with E-state index in [4.69, 9.17) is 0 Å². The fourth-order valence-electron chi connectivity index (χ4n) is 4.40. The van der Waals surface area contributed by atoms with Crippen molar-refractivity contribution in [3.8, 4) is 0 Å². The number of hydrogen-bond acceptors (Lipinski definition) is 5. The number of benzene rings is 1. The summed E-state index contributed by atoms with van der Waals surface area (Å²) in [6.45, 7) is 0.0177. The lowest BCUT2D eigenvalue weighted by Crippen LogP contribution is -2.33. The minimum absolute atomic E-state index is 0.0101. The first-order chi connectivity index (χ1) is 15.6. The summed E-state index contributed by atoms with van der Waals surface area (Å²) in [5, 5.41) is 0. The summed E-state index contributed by atoms with van der Waals surface area (Å²) in [6, 6.07) is 4.76. The van der Waals surface area contributed by atoms with Crippen LogP contribution in [0.2, 0.25) is 0 Å². The van der Waals surface area contributed by atoms with Gasteiger partial charge in [0.2, 0.25) is 0 Å². The van der Waals surface area contributed by atoms with Crippen molar-refractivity contribution in [1.29, 1.82) is 0 Å². The maximum atomic E-state index is 13.0. The monoisotopic (exact) mass is 481 g/mol. The summed E-state index contributed by atoms with van der Waals surface area (Å²) in [7, 11) is -5.52. The van der Waals surface area contributed by atoms with Gasteiger partial charge in [0.1, 0.15) is 6.54 Å². The summed E-state index contributed by atoms with van der Waals surface area (Å²) in [5.41, 5.74) is -3.45. The summed E-state index contributed by atoms with van der Waals surface area (Å²) < 4.78 is 61.4. The molecular weight excluding hydrogens is 459 g/mol. The number of aromatic nitrogens is 1. The van der Waals surface area contributed by atoms with Crippen LogP contribution in [0.3, 0.4) is 0 Å². The van der Waals surface area contributed by atoms with Gasteiger partial charge in [-0.1, -0.05) is 19.3 Å². The number of carbonyl (C=O) groups is 2. The van der Waals surface area contributed by atoms with Crippen molar-refractivity contribution in [3.05, 3.63) is 53.9 Å². The molecule has 0 radical (unpaired) electrons. The summed E-state index contributed by atoms with van der Waals surface area (Å²) >= 11 is 0. The largest absolute Gasteiger partial charge is 0.501 e. The van der Waals surface area contributed by atoms with Gasteiger partial charge in [-0.3, -0.25) is 9.78 Å². The molecule has 0 unspecified atom stereocenters. The van der Waals surface area contributed by atoms with Gasteiger partial charge in [-0.25, -0.2) is 18.1 Å². The second-order valence-corrected chi connectivity index (χ2v) is 10.2. The zero-order valence-electron chi connectivity index (χ0n) is 17.6. The van der Waals surface area contributed by atoms with Crippen LogP contribution in [0.25, 0.3) is 0 Å². The van der Waals surface area contributed by atoms with Crippen molar-refractivity contribution in [1.82, 2.24) is 9.88 Å². The van der Waals surface area contributed by atoms with Gasteiger partial charge in [-0.2, -0.15) is 13.2 Å². The van der Waals surface area contributed by atoms with Gasteiger partial charge in [0.25, 0.3) is 15.7 Å². The van der Waals surface area contributed by atoms with Crippen LogP contribution in [0.5, 0.6) is 0 Å². The first-order valence-electron chi connectivity index (χ1n) is 10.6. The number of anilines is 1. The van der Waals surface area contributed by atoms with Crippen LogP contribution < -0.4 is 4.90 Å². The average molecular weight is 481 g/mol. The fraction of sp³-hybridized carbons (Fsp3) is 0.409. The third-order valence-electron chi connectivity index (χ3n) is 6.10. The molecule has 2 aliphatic rings. The van der Waals surface area contributed by atoms with Gasteiger partial charge in [0.15, 0.2) is 0 Å². The number of urea groups is 1. The smallest absolute Gasteiger partial charge is 0.310 e. The molecule has 7 nitrogen and oxygen atoms in total. The Morgan fingerprint density at radius 2 is 1.67 bits per heavy atom. The normalized spacial score (nSPS) is 18.3. The molecule has 1 aliphatic heterocycles. The molecule has 11 heteroatoms. The molecular formula is C22H22F3N3O4S. The lowest BCUT2D eigenvalue weighted by molar-refractivity contribution is -0.116. The van der Waals surface area contributed by atoms with Crippen LogP contribution in [0, 0.1) is 0 Å². The second-order valence-electron chi connectivity index (χ2n) is 8.22. The van der Waals surface area contributed by atoms with E-state index in [1.54, 1.807) is 6.20 Å². The van der Waals surface area contributed by atoms with Crippen molar-refractivity contribution in [3.63, 3.8) is 0 Å². The number of alkyl halides is 3. The highest BCUT2D eigenvalue weighted by Gasteiger charge is 2.47. The molecule has 4 rings (SSSR count). The van der Waals surface area contributed by atoms with Gasteiger partial charge in [0, 0.05) is 18.9 Å². The minimum atomic E-state index is -5.52. The van der Waals surface area contributed by atoms with Crippen molar-refractivity contribution in [2.24, 2.45) is 0 Å². The van der Waals surface area contributed by atoms with E-state index in [9.17, 15) is 31.2 Å². The fourth-order valence-corrected chi connectivity index (χ4v) is 5.16. The van der Waals surface area contributed by atoms with Crippen LogP contribution in [0.15, 0.2) is 47.6 Å². The Labute approximate surface area is 189 Å². The Balaban J connectivity index is 1.54. The predicted molar refractivity (Wildman–Crippen MR) is 113 cm³/mol. The van der Waals surface area contributed by atoms with Crippen LogP contribution in [0.4, 0.5) is 23.7 Å². The number of nitrogens with zero attached hydrogens (tertiary/aromatic N) is 3. The first-order valence-corrected chi connectivity index (χ1v) is 12.0. The molecule has 0 atom stereocenters. The quantitative estimate of drug-likeness (QED) is 0.591. The van der Waals surface area contributed by atoms with Crippen LogP contribution in [-0.4, -0.2) is 42.3 Å². The number of hydrogen-bond donors (Lipinski definition) is 0. The summed E-state index contributed by atoms with van der Waals surface area (Å²) in [5.74, 6) is -0.185. The number of imide groups is 1. The molecule has 3 amide bonds. The van der Waals surface area contributed by atoms with E-state index in [0.717, 1.165) is 66.0 Å². The highest BCUT2D eigenvalue weighted by molar-refractivity contribution is 7.92. The van der Waals surface area contributed by atoms with Crippen LogP contribution in [0.1, 0.15) is 49.1 Å². The molecule has 0 spiro atoms. The third-order valence-corrected chi connectivity index (χ3v) is 7.60. The van der Waals surface area contributed by atoms with Gasteiger partial charge >= 0.3 is 11.5 Å². The SMILES string of the molecule is O=C1CN(Cc2ccncc2C2CCCCC2)C(=O)N1c1ccc(S(=O)(=O)C(F)(F)F)cc1. The predicted octanol–water partition coefficient (Wildman–Crippen LogP) is 4.39. The zero-order valence-corrected chi connectivity index (χ0v) is 18.4. The number of carbonyl (C=O) groups excluding carboxylic acids is 2. The van der Waals surface area contributed by atoms with Crippen LogP contribution >= 0.6 is 0 Å². The Morgan fingerprint density at radius 3 is 2.30 bits per heavy atom. The molecule has 0 bridgehead atoms. The second kappa shape index (κ2) is 8.77. The Hall–Kier alpha value is -2.95. The standard InChI is InChI=1S/C22H22F3N3O4S/c23-22(24,25)33(31,32)18-8-6-17(7-9-18)28-20(29)14-27(21(28)30)13-16-10-11-26-12-19(16)15-4-2-1-3-5-15/h6-12,15H,1-5,13-14H2. The van der Waals surface area contributed by atoms with E-state index in [0.29, 0.717) is 5.92 Å². The van der Waals surface area contributed by atoms with Crippen LogP contribution in [-0.2, 0) is 21.2 Å². The maximum absolute atomic E-state index is 13.0. The molecule has 2 fully saturated rings. The first kappa shape index (κ1) is 23.2. The molecule has 1 aromatic heterocycles. The number of sulfone groups is 1. The highest BCUT2D eigenvalue weighted by Crippen LogP contribution is 2.35. The van der Waals surface area contributed by atoms with E-state index in [-0.39, 0.29) is 18.8 Å². The highest BCUT2D eigenvalue weighted by atomic mass is 32.2. The van der Waals surface area contributed by atoms with Gasteiger partial charge < -0.3 is 4.90 Å². The van der Waals surface area contributed by atoms with Gasteiger partial charge in [0.05, 0.1) is 10.6 Å². The molecule has 33 heavy (non-hydrogen) atoms. The number of halogens is 3. The van der Waals surface area contributed by atoms with Crippen molar-refractivity contribution in [2.75, 3.05) is 11.4 Å². The lowest BCUT2D eigenvalue weighted by atomic mass is 9.83. The molecule has 176 valence electrons. The maximum Gasteiger partial charge on any atom is 0.501 e. The van der Waals surface area contributed by atoms with Crippen molar-refractivity contribution in [2.45, 2.75) is 55.0 Å². The molecule has 0 N–H and O–H groups in total. The molecule has 1 saturated heterocycles. The number of pyridine rings is 1. The van der Waals surface area contributed by atoms with Crippen molar-refractivity contribution < 1.29 is 31.2 Å². The Morgan fingerprint density at radius 1 is 1.00 bits per heavy atom. The zero-order chi connectivity index (χ0) is 23.8. The minimum Gasteiger partial charge on any atom is -0.310 e. The molecule has 1 aromatic carbocycles. The van der Waals surface area contributed by atoms with E-state index < -0.39 is 32.2 Å². The topological polar surface area (TPSA) is 87.7 Å². The summed E-state index contributed by atoms with van der Waals surface area (Å²) in [4.78, 5) is 31.0. The summed E-state index contributed by atoms with van der Waals surface area (Å²) in [6.07, 6.45) is 9.01. The molecule has 2 aromatic rings. The Bertz CT molecular complexity index is 1160. The third kappa shape index (κ3) is 4.46. The van der Waals surface area contributed by atoms with Gasteiger partial charge in [-0.05, 0) is 60.2 Å². The lowest BCUT2D eigenvalue weighted by Gasteiger charge is -2.25. The van der Waals surface area contributed by atoms with E-state index in [1.807, 2.05) is 12.3 Å². The molecule has 1 aliphatic carbocycles. The van der Waals surface area contributed by atoms with Crippen molar-refractivity contribution >= 4 is 27.5 Å². The van der Waals surface area contributed by atoms with E-state index in [1.165, 1.54) is 11.3 Å². The van der Waals surface area contributed by atoms with Gasteiger partial charge in [-0.15, -0.1) is 0 Å². The van der Waals surface area contributed by atoms with E-state index in [2.05, 4.69) is 4.98 Å². The molecule has 1 saturated carbocycles.